The van der Waals surface area contributed by atoms with Crippen LogP contribution >= 0.6 is 0 Å². The summed E-state index contributed by atoms with van der Waals surface area (Å²) in [4.78, 5) is 4.31. The molecule has 0 spiro atoms. The Kier molecular flexibility index (Phi) is 7.47. The van der Waals surface area contributed by atoms with E-state index in [0.29, 0.717) is 13.2 Å². The number of ether oxygens (including phenoxy) is 3. The standard InChI is InChI=1S/C24H28N2O3/c1-18(2)29-22-9-7-19(8-10-22)15-25-16-20-14-23(27-3)11-12-24(20)28-17-21-6-4-5-13-26-21/h4-14,18,25H,15-17H2,1-3H3. The summed E-state index contributed by atoms with van der Waals surface area (Å²) in [5.74, 6) is 2.52. The Morgan fingerprint density at radius 2 is 1.72 bits per heavy atom. The predicted molar refractivity (Wildman–Crippen MR) is 114 cm³/mol. The lowest BCUT2D eigenvalue weighted by molar-refractivity contribution is 0.242. The van der Waals surface area contributed by atoms with Crippen molar-refractivity contribution in [1.29, 1.82) is 0 Å². The van der Waals surface area contributed by atoms with E-state index < -0.39 is 0 Å². The van der Waals surface area contributed by atoms with E-state index in [1.807, 2.05) is 62.4 Å². The van der Waals surface area contributed by atoms with Gasteiger partial charge in [0.2, 0.25) is 0 Å². The molecule has 0 aliphatic rings. The highest BCUT2D eigenvalue weighted by Gasteiger charge is 2.07. The van der Waals surface area contributed by atoms with Crippen molar-refractivity contribution in [3.63, 3.8) is 0 Å². The number of pyridine rings is 1. The molecule has 1 N–H and O–H groups in total. The molecule has 0 atom stereocenters. The molecule has 0 fully saturated rings. The van der Waals surface area contributed by atoms with Gasteiger partial charge in [-0.15, -0.1) is 0 Å². The molecule has 0 unspecified atom stereocenters. The number of methoxy groups -OCH3 is 1. The molecule has 0 aliphatic carbocycles. The lowest BCUT2D eigenvalue weighted by atomic mass is 10.1. The fraction of sp³-hybridized carbons (Fsp3) is 0.292. The maximum absolute atomic E-state index is 6.00. The van der Waals surface area contributed by atoms with Crippen LogP contribution in [0.5, 0.6) is 17.2 Å². The van der Waals surface area contributed by atoms with Crippen molar-refractivity contribution >= 4 is 0 Å². The summed E-state index contributed by atoms with van der Waals surface area (Å²) in [6, 6.07) is 19.8. The maximum Gasteiger partial charge on any atom is 0.130 e. The Balaban J connectivity index is 1.59. The number of nitrogens with one attached hydrogen (secondary N) is 1. The molecule has 0 saturated carbocycles. The first-order valence-electron chi connectivity index (χ1n) is 9.80. The van der Waals surface area contributed by atoms with Gasteiger partial charge in [-0.25, -0.2) is 0 Å². The number of benzene rings is 2. The smallest absolute Gasteiger partial charge is 0.130 e. The fourth-order valence-corrected chi connectivity index (χ4v) is 2.90. The summed E-state index contributed by atoms with van der Waals surface area (Å²) in [7, 11) is 1.67. The zero-order valence-corrected chi connectivity index (χ0v) is 17.2. The van der Waals surface area contributed by atoms with Crippen LogP contribution in [0.1, 0.15) is 30.7 Å². The largest absolute Gasteiger partial charge is 0.497 e. The van der Waals surface area contributed by atoms with Crippen LogP contribution in [-0.4, -0.2) is 18.2 Å². The third-order valence-corrected chi connectivity index (χ3v) is 4.31. The summed E-state index contributed by atoms with van der Waals surface area (Å²) in [5, 5.41) is 3.48. The minimum atomic E-state index is 0.177. The highest BCUT2D eigenvalue weighted by molar-refractivity contribution is 5.40. The number of hydrogen-bond donors (Lipinski definition) is 1. The van der Waals surface area contributed by atoms with E-state index in [2.05, 4.69) is 22.4 Å². The van der Waals surface area contributed by atoms with Gasteiger partial charge < -0.3 is 19.5 Å². The van der Waals surface area contributed by atoms with E-state index >= 15 is 0 Å². The number of nitrogens with zero attached hydrogens (tertiary/aromatic N) is 1. The quantitative estimate of drug-likeness (QED) is 0.540. The van der Waals surface area contributed by atoms with Crippen molar-refractivity contribution in [2.24, 2.45) is 0 Å². The van der Waals surface area contributed by atoms with E-state index in [-0.39, 0.29) is 6.10 Å². The highest BCUT2D eigenvalue weighted by atomic mass is 16.5. The monoisotopic (exact) mass is 392 g/mol. The van der Waals surface area contributed by atoms with Gasteiger partial charge in [0.05, 0.1) is 18.9 Å². The zero-order chi connectivity index (χ0) is 20.5. The Bertz CT molecular complexity index is 880. The lowest BCUT2D eigenvalue weighted by Crippen LogP contribution is -2.14. The van der Waals surface area contributed by atoms with E-state index in [0.717, 1.165) is 35.1 Å². The third kappa shape index (κ3) is 6.50. The van der Waals surface area contributed by atoms with Crippen molar-refractivity contribution in [2.75, 3.05) is 7.11 Å². The van der Waals surface area contributed by atoms with Crippen LogP contribution in [0, 0.1) is 0 Å². The van der Waals surface area contributed by atoms with Crippen molar-refractivity contribution in [3.05, 3.63) is 83.7 Å². The van der Waals surface area contributed by atoms with Crippen molar-refractivity contribution < 1.29 is 14.2 Å². The van der Waals surface area contributed by atoms with Gasteiger partial charge in [-0.3, -0.25) is 4.98 Å². The van der Waals surface area contributed by atoms with Crippen molar-refractivity contribution in [2.45, 2.75) is 39.6 Å². The minimum Gasteiger partial charge on any atom is -0.497 e. The molecule has 5 heteroatoms. The Hall–Kier alpha value is -3.05. The Morgan fingerprint density at radius 3 is 2.41 bits per heavy atom. The summed E-state index contributed by atoms with van der Waals surface area (Å²) < 4.78 is 17.1. The van der Waals surface area contributed by atoms with Crippen LogP contribution in [0.2, 0.25) is 0 Å². The average molecular weight is 392 g/mol. The molecule has 0 aliphatic heterocycles. The van der Waals surface area contributed by atoms with Gasteiger partial charge in [0.1, 0.15) is 23.9 Å². The third-order valence-electron chi connectivity index (χ3n) is 4.31. The van der Waals surface area contributed by atoms with Crippen LogP contribution in [0.15, 0.2) is 66.9 Å². The zero-order valence-electron chi connectivity index (χ0n) is 17.2. The lowest BCUT2D eigenvalue weighted by Gasteiger charge is -2.14. The molecule has 3 aromatic rings. The first kappa shape index (κ1) is 20.7. The predicted octanol–water partition coefficient (Wildman–Crippen LogP) is 4.75. The molecule has 0 radical (unpaired) electrons. The SMILES string of the molecule is COc1ccc(OCc2ccccn2)c(CNCc2ccc(OC(C)C)cc2)c1. The molecule has 1 heterocycles. The topological polar surface area (TPSA) is 52.6 Å². The van der Waals surface area contributed by atoms with Crippen LogP contribution in [-0.2, 0) is 19.7 Å². The van der Waals surface area contributed by atoms with Crippen molar-refractivity contribution in [1.82, 2.24) is 10.3 Å². The van der Waals surface area contributed by atoms with Gasteiger partial charge >= 0.3 is 0 Å². The number of aromatic nitrogens is 1. The molecular formula is C24H28N2O3. The fourth-order valence-electron chi connectivity index (χ4n) is 2.90. The highest BCUT2D eigenvalue weighted by Crippen LogP contribution is 2.25. The second-order valence-corrected chi connectivity index (χ2v) is 7.00. The number of rotatable bonds is 10. The average Bonchev–Trinajstić information content (AvgIpc) is 2.74. The van der Waals surface area contributed by atoms with Crippen molar-refractivity contribution in [3.8, 4) is 17.2 Å². The summed E-state index contributed by atoms with van der Waals surface area (Å²) in [6.07, 6.45) is 1.95. The number of hydrogen-bond acceptors (Lipinski definition) is 5. The summed E-state index contributed by atoms with van der Waals surface area (Å²) >= 11 is 0. The molecule has 0 amide bonds. The van der Waals surface area contributed by atoms with Gasteiger partial charge in [-0.1, -0.05) is 18.2 Å². The Labute approximate surface area is 172 Å². The van der Waals surface area contributed by atoms with Crippen LogP contribution < -0.4 is 19.5 Å². The van der Waals surface area contributed by atoms with Gasteiger partial charge in [-0.2, -0.15) is 0 Å². The van der Waals surface area contributed by atoms with Gasteiger partial charge in [-0.05, 0) is 61.9 Å². The van der Waals surface area contributed by atoms with Gasteiger partial charge in [0.25, 0.3) is 0 Å². The Morgan fingerprint density at radius 1 is 0.931 bits per heavy atom. The summed E-state index contributed by atoms with van der Waals surface area (Å²) in [6.45, 7) is 5.89. The molecule has 3 rings (SSSR count). The van der Waals surface area contributed by atoms with Crippen LogP contribution in [0.3, 0.4) is 0 Å². The summed E-state index contributed by atoms with van der Waals surface area (Å²) in [5.41, 5.74) is 3.13. The first-order valence-corrected chi connectivity index (χ1v) is 9.80. The first-order chi connectivity index (χ1) is 14.1. The molecule has 0 bridgehead atoms. The second-order valence-electron chi connectivity index (χ2n) is 7.00. The van der Waals surface area contributed by atoms with E-state index in [4.69, 9.17) is 14.2 Å². The van der Waals surface area contributed by atoms with Crippen LogP contribution in [0.25, 0.3) is 0 Å². The van der Waals surface area contributed by atoms with Gasteiger partial charge in [0.15, 0.2) is 0 Å². The molecule has 152 valence electrons. The maximum atomic E-state index is 6.00. The molecule has 5 nitrogen and oxygen atoms in total. The minimum absolute atomic E-state index is 0.177. The normalized spacial score (nSPS) is 10.8. The van der Waals surface area contributed by atoms with E-state index in [9.17, 15) is 0 Å². The molecular weight excluding hydrogens is 364 g/mol. The van der Waals surface area contributed by atoms with Gasteiger partial charge in [0, 0.05) is 24.8 Å². The second kappa shape index (κ2) is 10.5. The van der Waals surface area contributed by atoms with Crippen LogP contribution in [0.4, 0.5) is 0 Å². The molecule has 1 aromatic heterocycles. The molecule has 29 heavy (non-hydrogen) atoms. The molecule has 2 aromatic carbocycles. The molecule has 0 saturated heterocycles. The van der Waals surface area contributed by atoms with E-state index in [1.165, 1.54) is 5.56 Å². The van der Waals surface area contributed by atoms with E-state index in [1.54, 1.807) is 13.3 Å².